The number of hydrogen-bond acceptors (Lipinski definition) is 8. The molecule has 0 bridgehead atoms. The predicted octanol–water partition coefficient (Wildman–Crippen LogP) is 7.70. The van der Waals surface area contributed by atoms with Gasteiger partial charge in [-0.05, 0) is 54.9 Å². The fraction of sp³-hybridized carbons (Fsp3) is 0.344. The summed E-state index contributed by atoms with van der Waals surface area (Å²) >= 11 is 0. The van der Waals surface area contributed by atoms with Gasteiger partial charge in [0.1, 0.15) is 53.0 Å². The number of nitrogens with zero attached hydrogens (tertiary/aromatic N) is 3. The van der Waals surface area contributed by atoms with E-state index in [1.165, 1.54) is 37.3 Å². The molecule has 11 nitrogen and oxygen atoms in total. The van der Waals surface area contributed by atoms with Gasteiger partial charge in [0.05, 0.1) is 5.69 Å². The maximum atomic E-state index is 13.6. The van der Waals surface area contributed by atoms with Crippen molar-refractivity contribution in [3.8, 4) is 17.0 Å². The molecule has 2 aromatic carbocycles. The van der Waals surface area contributed by atoms with Crippen LogP contribution >= 0.6 is 0 Å². The predicted molar refractivity (Wildman–Crippen MR) is 182 cm³/mol. The van der Waals surface area contributed by atoms with Crippen LogP contribution in [0, 0.1) is 5.82 Å². The molecular weight excluding hydrogens is 742 g/mol. The first-order chi connectivity index (χ1) is 24.0. The van der Waals surface area contributed by atoms with Crippen molar-refractivity contribution in [3.05, 3.63) is 83.3 Å². The number of benzene rings is 2. The van der Waals surface area contributed by atoms with Crippen LogP contribution in [0.2, 0.25) is 25.7 Å². The Kier molecular flexibility index (Phi) is 11.9. The van der Waals surface area contributed by atoms with E-state index in [1.54, 1.807) is 0 Å². The molecule has 0 fully saturated rings. The lowest BCUT2D eigenvalue weighted by Crippen LogP contribution is -2.28. The van der Waals surface area contributed by atoms with E-state index in [2.05, 4.69) is 35.0 Å². The molecule has 1 amide bonds. The molecule has 0 radical (unpaired) electrons. The van der Waals surface area contributed by atoms with Crippen LogP contribution in [0.15, 0.2) is 60.7 Å². The second-order valence-electron chi connectivity index (χ2n) is 12.8. The van der Waals surface area contributed by atoms with Crippen molar-refractivity contribution in [2.75, 3.05) is 22.4 Å². The Morgan fingerprint density at radius 1 is 1.02 bits per heavy atom. The van der Waals surface area contributed by atoms with E-state index in [-0.39, 0.29) is 47.5 Å². The first-order valence-electron chi connectivity index (χ1n) is 15.4. The maximum absolute atomic E-state index is 13.6. The minimum Gasteiger partial charge on any atom is -0.484 e. The minimum atomic E-state index is -5.08. The number of rotatable bonds is 15. The number of halogens is 7. The number of primary amides is 1. The van der Waals surface area contributed by atoms with Crippen molar-refractivity contribution in [2.24, 2.45) is 5.73 Å². The molecular formula is C32H35F7N6O5SSi. The van der Waals surface area contributed by atoms with E-state index in [9.17, 15) is 43.9 Å². The molecule has 282 valence electrons. The number of carbonyl (C=O) groups is 1. The molecule has 1 atom stereocenters. The first kappa shape index (κ1) is 40.1. The molecule has 0 spiro atoms. The number of anilines is 3. The summed E-state index contributed by atoms with van der Waals surface area (Å²) in [6, 6.07) is 12.3. The highest BCUT2D eigenvalue weighted by atomic mass is 32.2. The van der Waals surface area contributed by atoms with Crippen molar-refractivity contribution in [1.29, 1.82) is 0 Å². The van der Waals surface area contributed by atoms with Gasteiger partial charge in [0.2, 0.25) is 10.0 Å². The monoisotopic (exact) mass is 776 g/mol. The molecule has 4 N–H and O–H groups in total. The summed E-state index contributed by atoms with van der Waals surface area (Å²) in [5.74, 6) is -4.68. The first-order valence-corrected chi connectivity index (χ1v) is 20.8. The molecule has 4 rings (SSSR count). The lowest BCUT2D eigenvalue weighted by molar-refractivity contribution is -0.141. The smallest absolute Gasteiger partial charge is 0.433 e. The Balaban J connectivity index is 1.85. The van der Waals surface area contributed by atoms with E-state index in [4.69, 9.17) is 15.2 Å². The van der Waals surface area contributed by atoms with Crippen molar-refractivity contribution < 1.29 is 53.4 Å². The van der Waals surface area contributed by atoms with Gasteiger partial charge in [-0.2, -0.15) is 31.4 Å². The largest absolute Gasteiger partial charge is 0.484 e. The van der Waals surface area contributed by atoms with Gasteiger partial charge in [-0.25, -0.2) is 22.5 Å². The van der Waals surface area contributed by atoms with Gasteiger partial charge in [-0.15, -0.1) is 0 Å². The number of nitrogens with two attached hydrogens (primary N) is 1. The summed E-state index contributed by atoms with van der Waals surface area (Å²) in [5.41, 5.74) is 4.09. The molecule has 52 heavy (non-hydrogen) atoms. The van der Waals surface area contributed by atoms with Crippen LogP contribution in [0.1, 0.15) is 34.6 Å². The quantitative estimate of drug-likeness (QED) is 0.0632. The molecule has 2 aromatic heterocycles. The van der Waals surface area contributed by atoms with Crippen molar-refractivity contribution in [3.63, 3.8) is 0 Å². The van der Waals surface area contributed by atoms with Gasteiger partial charge in [-0.3, -0.25) is 9.52 Å². The summed E-state index contributed by atoms with van der Waals surface area (Å²) in [6.07, 6.45) is -10.8. The zero-order valence-corrected chi connectivity index (χ0v) is 30.0. The molecule has 0 unspecified atom stereocenters. The third kappa shape index (κ3) is 11.2. The standard InChI is InChI=1S/C32H35F7N6O5SSi/c1-19(20-8-11-22(33)12-9-20)50-24-16-21(10-13-23(24)44-51(47,48)17-31(34,35)36)28-27(29(40)46)30(45(43-28)18-49-14-15-52(2,3)4)42-26-7-5-6-25(41-26)32(37,38)39/h5-13,16,19,44H,14-15,17-18H2,1-4H3,(H2,40,46)(H,41,42)/t19-/m0/s1. The molecule has 2 heterocycles. The van der Waals surface area contributed by atoms with Gasteiger partial charge in [0.25, 0.3) is 5.91 Å². The Morgan fingerprint density at radius 2 is 1.69 bits per heavy atom. The SMILES string of the molecule is C[C@H](Oc1cc(-c2nn(COCC[Si](C)(C)C)c(Nc3cccc(C(F)(F)F)n3)c2C(N)=O)ccc1NS(=O)(=O)CC(F)(F)F)c1ccc(F)cc1. The van der Waals surface area contributed by atoms with Crippen LogP contribution in [0.4, 0.5) is 48.1 Å². The fourth-order valence-electron chi connectivity index (χ4n) is 4.69. The Morgan fingerprint density at radius 3 is 2.29 bits per heavy atom. The summed E-state index contributed by atoms with van der Waals surface area (Å²) in [5, 5.41) is 7.13. The van der Waals surface area contributed by atoms with Gasteiger partial charge in [0.15, 0.2) is 5.75 Å². The summed E-state index contributed by atoms with van der Waals surface area (Å²) in [6.45, 7) is 7.84. The van der Waals surface area contributed by atoms with Crippen molar-refractivity contribution in [2.45, 2.75) is 57.8 Å². The molecule has 4 aromatic rings. The summed E-state index contributed by atoms with van der Waals surface area (Å²) < 4.78 is 133. The van der Waals surface area contributed by atoms with E-state index in [0.717, 1.165) is 41.1 Å². The zero-order chi connectivity index (χ0) is 38.6. The van der Waals surface area contributed by atoms with Gasteiger partial charge < -0.3 is 20.5 Å². The van der Waals surface area contributed by atoms with Crippen LogP contribution < -0.4 is 20.5 Å². The Bertz CT molecular complexity index is 2000. The number of ether oxygens (including phenoxy) is 2. The molecule has 20 heteroatoms. The van der Waals surface area contributed by atoms with Crippen molar-refractivity contribution >= 4 is 41.3 Å². The third-order valence-electron chi connectivity index (χ3n) is 7.21. The van der Waals surface area contributed by atoms with Crippen molar-refractivity contribution in [1.82, 2.24) is 14.8 Å². The van der Waals surface area contributed by atoms with E-state index >= 15 is 0 Å². The zero-order valence-electron chi connectivity index (χ0n) is 28.2. The summed E-state index contributed by atoms with van der Waals surface area (Å²) in [4.78, 5) is 16.6. The Labute approximate surface area is 295 Å². The number of alkyl halides is 6. The normalized spacial score (nSPS) is 13.1. The van der Waals surface area contributed by atoms with Gasteiger partial charge >= 0.3 is 12.4 Å². The number of aromatic nitrogens is 3. The minimum absolute atomic E-state index is 0.0368. The van der Waals surface area contributed by atoms with Crippen LogP contribution in [0.5, 0.6) is 5.75 Å². The van der Waals surface area contributed by atoms with E-state index in [0.29, 0.717) is 5.56 Å². The third-order valence-corrected chi connectivity index (χ3v) is 10.2. The van der Waals surface area contributed by atoms with Crippen LogP contribution in [-0.2, 0) is 27.7 Å². The highest BCUT2D eigenvalue weighted by Gasteiger charge is 2.36. The van der Waals surface area contributed by atoms with Gasteiger partial charge in [0, 0.05) is 20.2 Å². The number of carbonyl (C=O) groups excluding carboxylic acids is 1. The topological polar surface area (TPSA) is 150 Å². The van der Waals surface area contributed by atoms with Crippen LogP contribution in [0.3, 0.4) is 0 Å². The summed E-state index contributed by atoms with van der Waals surface area (Å²) in [7, 11) is -6.56. The van der Waals surface area contributed by atoms with Gasteiger partial charge in [-0.1, -0.05) is 43.9 Å². The molecule has 0 aliphatic heterocycles. The second kappa shape index (κ2) is 15.5. The maximum Gasteiger partial charge on any atom is 0.433 e. The van der Waals surface area contributed by atoms with E-state index in [1.807, 2.05) is 4.72 Å². The molecule has 0 aliphatic carbocycles. The second-order valence-corrected chi connectivity index (χ2v) is 20.2. The average Bonchev–Trinajstić information content (AvgIpc) is 3.36. The van der Waals surface area contributed by atoms with Crippen LogP contribution in [-0.4, -0.2) is 55.7 Å². The highest BCUT2D eigenvalue weighted by Crippen LogP contribution is 2.38. The van der Waals surface area contributed by atoms with Crippen LogP contribution in [0.25, 0.3) is 11.3 Å². The molecule has 0 saturated heterocycles. The Hall–Kier alpha value is -4.69. The number of hydrogen-bond donors (Lipinski definition) is 3. The van der Waals surface area contributed by atoms with E-state index < -0.39 is 65.4 Å². The fourth-order valence-corrected chi connectivity index (χ4v) is 6.46. The number of amides is 1. The number of sulfonamides is 1. The number of pyridine rings is 1. The lowest BCUT2D eigenvalue weighted by Gasteiger charge is -2.20. The number of nitrogens with one attached hydrogen (secondary N) is 2. The highest BCUT2D eigenvalue weighted by molar-refractivity contribution is 7.92. The molecule has 0 aliphatic rings. The lowest BCUT2D eigenvalue weighted by atomic mass is 10.1. The molecule has 0 saturated carbocycles. The average molecular weight is 777 g/mol.